The molecule has 0 fully saturated rings. The van der Waals surface area contributed by atoms with Gasteiger partial charge in [-0.15, -0.1) is 11.3 Å². The fraction of sp³-hybridized carbons (Fsp3) is 0.286. The normalized spacial score (nSPS) is 12.6. The van der Waals surface area contributed by atoms with Crippen molar-refractivity contribution in [3.63, 3.8) is 0 Å². The van der Waals surface area contributed by atoms with Gasteiger partial charge in [0.05, 0.1) is 11.2 Å². The Kier molecular flexibility index (Phi) is 4.91. The minimum Gasteiger partial charge on any atom is -0.480 e. The molecule has 1 N–H and O–H groups in total. The van der Waals surface area contributed by atoms with Crippen molar-refractivity contribution in [3.8, 4) is 0 Å². The Balaban J connectivity index is 2.28. The Bertz CT molecular complexity index is 615. The lowest BCUT2D eigenvalue weighted by Gasteiger charge is -2.25. The molecular weight excluding hydrogens is 340 g/mol. The van der Waals surface area contributed by atoms with E-state index in [1.54, 1.807) is 16.8 Å². The summed E-state index contributed by atoms with van der Waals surface area (Å²) < 4.78 is 0.806. The second-order valence-electron chi connectivity index (χ2n) is 4.54. The highest BCUT2D eigenvalue weighted by Crippen LogP contribution is 2.29. The van der Waals surface area contributed by atoms with Crippen LogP contribution in [0.15, 0.2) is 34.2 Å². The number of rotatable bonds is 5. The van der Waals surface area contributed by atoms with E-state index in [4.69, 9.17) is 0 Å². The third-order valence-corrected chi connectivity index (χ3v) is 4.75. The molecule has 0 radical (unpaired) electrons. The molecule has 0 spiro atoms. The van der Waals surface area contributed by atoms with E-state index in [1.165, 1.54) is 0 Å². The highest BCUT2D eigenvalue weighted by Gasteiger charge is 2.27. The molecule has 0 aliphatic heterocycles. The van der Waals surface area contributed by atoms with Crippen molar-refractivity contribution in [1.82, 2.24) is 9.88 Å². The summed E-state index contributed by atoms with van der Waals surface area (Å²) in [6.07, 6.45) is 0. The standard InChI is InChI=1S/C14H15BrN2O2S/c1-9-12(20-8-16-9)7-17(2)13(14(18)19)10-5-3-4-6-11(10)15/h3-6,8,13H,7H2,1-2H3,(H,18,19). The third kappa shape index (κ3) is 3.26. The molecule has 0 bridgehead atoms. The van der Waals surface area contributed by atoms with Gasteiger partial charge in [0.1, 0.15) is 6.04 Å². The smallest absolute Gasteiger partial charge is 0.325 e. The van der Waals surface area contributed by atoms with Crippen molar-refractivity contribution in [2.24, 2.45) is 0 Å². The fourth-order valence-corrected chi connectivity index (χ4v) is 3.39. The molecule has 20 heavy (non-hydrogen) atoms. The van der Waals surface area contributed by atoms with Gasteiger partial charge in [-0.25, -0.2) is 4.98 Å². The zero-order chi connectivity index (χ0) is 14.7. The molecule has 1 unspecified atom stereocenters. The van der Waals surface area contributed by atoms with Gasteiger partial charge in [-0.1, -0.05) is 34.1 Å². The summed E-state index contributed by atoms with van der Waals surface area (Å²) in [6.45, 7) is 2.50. The van der Waals surface area contributed by atoms with E-state index in [0.717, 1.165) is 20.6 Å². The maximum atomic E-state index is 11.6. The van der Waals surface area contributed by atoms with E-state index in [9.17, 15) is 9.90 Å². The van der Waals surface area contributed by atoms with E-state index in [2.05, 4.69) is 20.9 Å². The molecule has 0 aliphatic rings. The number of likely N-dealkylation sites (N-methyl/N-ethyl adjacent to an activating group) is 1. The molecule has 1 aromatic carbocycles. The average molecular weight is 355 g/mol. The molecule has 106 valence electrons. The monoisotopic (exact) mass is 354 g/mol. The van der Waals surface area contributed by atoms with Crippen LogP contribution >= 0.6 is 27.3 Å². The van der Waals surface area contributed by atoms with Crippen molar-refractivity contribution in [1.29, 1.82) is 0 Å². The minimum atomic E-state index is -0.860. The lowest BCUT2D eigenvalue weighted by molar-refractivity contribution is -0.143. The molecular formula is C14H15BrN2O2S. The summed E-state index contributed by atoms with van der Waals surface area (Å²) in [5.74, 6) is -0.860. The number of hydrogen-bond acceptors (Lipinski definition) is 4. The first kappa shape index (κ1) is 15.2. The molecule has 2 rings (SSSR count). The summed E-state index contributed by atoms with van der Waals surface area (Å²) in [6, 6.07) is 6.73. The number of aliphatic carboxylic acids is 1. The maximum Gasteiger partial charge on any atom is 0.325 e. The summed E-state index contributed by atoms with van der Waals surface area (Å²) in [7, 11) is 1.82. The number of carboxylic acids is 1. The lowest BCUT2D eigenvalue weighted by atomic mass is 10.1. The van der Waals surface area contributed by atoms with Crippen LogP contribution in [0.4, 0.5) is 0 Å². The highest BCUT2D eigenvalue weighted by atomic mass is 79.9. The highest BCUT2D eigenvalue weighted by molar-refractivity contribution is 9.10. The zero-order valence-corrected chi connectivity index (χ0v) is 13.6. The second-order valence-corrected chi connectivity index (χ2v) is 6.33. The van der Waals surface area contributed by atoms with Crippen molar-refractivity contribution in [2.45, 2.75) is 19.5 Å². The summed E-state index contributed by atoms with van der Waals surface area (Å²) in [5.41, 5.74) is 3.50. The molecule has 4 nitrogen and oxygen atoms in total. The Morgan fingerprint density at radius 1 is 1.50 bits per heavy atom. The van der Waals surface area contributed by atoms with E-state index < -0.39 is 12.0 Å². The Labute approximate surface area is 130 Å². The number of thiazole rings is 1. The van der Waals surface area contributed by atoms with Gasteiger partial charge in [-0.3, -0.25) is 9.69 Å². The molecule has 1 atom stereocenters. The van der Waals surface area contributed by atoms with Crippen molar-refractivity contribution in [3.05, 3.63) is 50.4 Å². The first-order valence-corrected chi connectivity index (χ1v) is 7.74. The molecule has 2 aromatic rings. The van der Waals surface area contributed by atoms with Gasteiger partial charge in [0.25, 0.3) is 0 Å². The van der Waals surface area contributed by atoms with Crippen molar-refractivity contribution >= 4 is 33.2 Å². The molecule has 6 heteroatoms. The van der Waals surface area contributed by atoms with Gasteiger partial charge in [-0.05, 0) is 25.6 Å². The molecule has 0 amide bonds. The predicted octanol–water partition coefficient (Wildman–Crippen LogP) is 3.47. The van der Waals surface area contributed by atoms with Crippen LogP contribution in [0.1, 0.15) is 22.2 Å². The Hall–Kier alpha value is -1.24. The van der Waals surface area contributed by atoms with Crippen LogP contribution in [0.2, 0.25) is 0 Å². The minimum absolute atomic E-state index is 0.564. The number of hydrogen-bond donors (Lipinski definition) is 1. The second kappa shape index (κ2) is 6.47. The van der Waals surface area contributed by atoms with Gasteiger partial charge >= 0.3 is 5.97 Å². The summed E-state index contributed by atoms with van der Waals surface area (Å²) >= 11 is 4.98. The van der Waals surface area contributed by atoms with Crippen LogP contribution < -0.4 is 0 Å². The van der Waals surface area contributed by atoms with Crippen molar-refractivity contribution < 1.29 is 9.90 Å². The molecule has 1 heterocycles. The van der Waals surface area contributed by atoms with Crippen LogP contribution in [-0.4, -0.2) is 28.0 Å². The largest absolute Gasteiger partial charge is 0.480 e. The fourth-order valence-electron chi connectivity index (χ4n) is 2.05. The third-order valence-electron chi connectivity index (χ3n) is 3.11. The zero-order valence-electron chi connectivity index (χ0n) is 11.2. The topological polar surface area (TPSA) is 53.4 Å². The van der Waals surface area contributed by atoms with E-state index in [0.29, 0.717) is 6.54 Å². The van der Waals surface area contributed by atoms with Crippen LogP contribution in [0.25, 0.3) is 0 Å². The first-order valence-electron chi connectivity index (χ1n) is 6.07. The number of nitrogens with zero attached hydrogens (tertiary/aromatic N) is 2. The van der Waals surface area contributed by atoms with E-state index in [1.807, 2.05) is 43.1 Å². The number of halogens is 1. The summed E-state index contributed by atoms with van der Waals surface area (Å²) in [4.78, 5) is 18.7. The summed E-state index contributed by atoms with van der Waals surface area (Å²) in [5, 5.41) is 9.54. The Morgan fingerprint density at radius 3 is 2.75 bits per heavy atom. The lowest BCUT2D eigenvalue weighted by Crippen LogP contribution is -2.30. The number of carbonyl (C=O) groups is 1. The van der Waals surface area contributed by atoms with E-state index >= 15 is 0 Å². The van der Waals surface area contributed by atoms with Gasteiger partial charge in [0, 0.05) is 15.9 Å². The number of carboxylic acid groups (broad SMARTS) is 1. The molecule has 0 aliphatic carbocycles. The average Bonchev–Trinajstić information content (AvgIpc) is 2.77. The van der Waals surface area contributed by atoms with Crippen molar-refractivity contribution in [2.75, 3.05) is 7.05 Å². The number of aryl methyl sites for hydroxylation is 1. The molecule has 0 saturated heterocycles. The predicted molar refractivity (Wildman–Crippen MR) is 82.8 cm³/mol. The maximum absolute atomic E-state index is 11.6. The number of benzene rings is 1. The van der Waals surface area contributed by atoms with Gasteiger partial charge in [0.2, 0.25) is 0 Å². The van der Waals surface area contributed by atoms with Gasteiger partial charge < -0.3 is 5.11 Å². The molecule has 1 aromatic heterocycles. The van der Waals surface area contributed by atoms with Gasteiger partial charge in [-0.2, -0.15) is 0 Å². The Morgan fingerprint density at radius 2 is 2.20 bits per heavy atom. The van der Waals surface area contributed by atoms with Crippen LogP contribution in [-0.2, 0) is 11.3 Å². The van der Waals surface area contributed by atoms with Gasteiger partial charge in [0.15, 0.2) is 0 Å². The van der Waals surface area contributed by atoms with Crippen LogP contribution in [0.5, 0.6) is 0 Å². The number of aromatic nitrogens is 1. The SMILES string of the molecule is Cc1ncsc1CN(C)C(C(=O)O)c1ccccc1Br. The van der Waals surface area contributed by atoms with Crippen LogP contribution in [0.3, 0.4) is 0 Å². The first-order chi connectivity index (χ1) is 9.50. The van der Waals surface area contributed by atoms with Crippen LogP contribution in [0, 0.1) is 6.92 Å². The molecule has 0 saturated carbocycles. The quantitative estimate of drug-likeness (QED) is 0.892. The van der Waals surface area contributed by atoms with E-state index in [-0.39, 0.29) is 0 Å².